The number of nitrogens with two attached hydrogens (primary N) is 1. The molecule has 2 atom stereocenters. The van der Waals surface area contributed by atoms with Crippen LogP contribution in [0.5, 0.6) is 0 Å². The molecule has 1 amide bonds. The van der Waals surface area contributed by atoms with Gasteiger partial charge >= 0.3 is 7.12 Å². The van der Waals surface area contributed by atoms with Crippen molar-refractivity contribution in [2.24, 2.45) is 11.7 Å². The molecule has 0 unspecified atom stereocenters. The summed E-state index contributed by atoms with van der Waals surface area (Å²) in [5.41, 5.74) is 9.30. The highest BCUT2D eigenvalue weighted by Crippen LogP contribution is 2.29. The van der Waals surface area contributed by atoms with E-state index in [-0.39, 0.29) is 6.04 Å². The fraction of sp³-hybridized carbons (Fsp3) is 0.444. The fourth-order valence-electron chi connectivity index (χ4n) is 3.81. The maximum atomic E-state index is 11.9. The quantitative estimate of drug-likeness (QED) is 0.688. The van der Waals surface area contributed by atoms with Gasteiger partial charge in [-0.05, 0) is 48.0 Å². The van der Waals surface area contributed by atoms with Gasteiger partial charge in [-0.15, -0.1) is 0 Å². The number of nitrogens with zero attached hydrogens (tertiary/aromatic N) is 2. The number of aryl methyl sites for hydroxylation is 1. The van der Waals surface area contributed by atoms with Gasteiger partial charge in [-0.25, -0.2) is 0 Å². The van der Waals surface area contributed by atoms with E-state index in [0.717, 1.165) is 35.3 Å². The van der Waals surface area contributed by atoms with E-state index >= 15 is 0 Å². The highest BCUT2D eigenvalue weighted by molar-refractivity contribution is 6.62. The summed E-state index contributed by atoms with van der Waals surface area (Å²) >= 11 is 0. The van der Waals surface area contributed by atoms with Crippen molar-refractivity contribution in [3.8, 4) is 0 Å². The standard InChI is InChI=1S/C18H23BN4O4/c1-10-3-4-26-9-15(10)23-7-14(17(20)24)18(22-23)21-13-5-11(2)16-12(6-13)8-27-19(16)25/h5-7,10,15,25H,3-4,8-9H2,1-2H3,(H2,20,24)(H,21,22)/t10-,15-/m0/s1. The van der Waals surface area contributed by atoms with E-state index < -0.39 is 13.0 Å². The summed E-state index contributed by atoms with van der Waals surface area (Å²) in [6.07, 6.45) is 2.64. The molecule has 3 heterocycles. The zero-order valence-electron chi connectivity index (χ0n) is 15.4. The highest BCUT2D eigenvalue weighted by atomic mass is 16.5. The first-order valence-corrected chi connectivity index (χ1v) is 9.11. The number of carbonyl (C=O) groups excluding carboxylic acids is 1. The van der Waals surface area contributed by atoms with Crippen LogP contribution in [-0.4, -0.2) is 41.0 Å². The molecule has 0 bridgehead atoms. The van der Waals surface area contributed by atoms with Gasteiger partial charge in [0.2, 0.25) is 0 Å². The minimum atomic E-state index is -0.887. The van der Waals surface area contributed by atoms with E-state index in [2.05, 4.69) is 17.3 Å². The van der Waals surface area contributed by atoms with Crippen LogP contribution in [0.15, 0.2) is 18.3 Å². The summed E-state index contributed by atoms with van der Waals surface area (Å²) < 4.78 is 12.6. The lowest BCUT2D eigenvalue weighted by molar-refractivity contribution is 0.0238. The molecule has 2 aliphatic heterocycles. The first kappa shape index (κ1) is 18.0. The van der Waals surface area contributed by atoms with Crippen molar-refractivity contribution in [3.63, 3.8) is 0 Å². The summed E-state index contributed by atoms with van der Waals surface area (Å²) in [6, 6.07) is 3.86. The van der Waals surface area contributed by atoms with E-state index in [1.165, 1.54) is 0 Å². The smallest absolute Gasteiger partial charge is 0.423 e. The van der Waals surface area contributed by atoms with Crippen molar-refractivity contribution in [3.05, 3.63) is 35.0 Å². The third-order valence-electron chi connectivity index (χ3n) is 5.38. The van der Waals surface area contributed by atoms with Gasteiger partial charge in [0, 0.05) is 18.5 Å². The molecule has 1 aromatic heterocycles. The Kier molecular flexibility index (Phi) is 4.67. The average Bonchev–Trinajstić information content (AvgIpc) is 3.20. The van der Waals surface area contributed by atoms with Crippen LogP contribution in [0.3, 0.4) is 0 Å². The van der Waals surface area contributed by atoms with Crippen LogP contribution in [-0.2, 0) is 16.0 Å². The maximum absolute atomic E-state index is 11.9. The number of aromatic nitrogens is 2. The topological polar surface area (TPSA) is 112 Å². The highest BCUT2D eigenvalue weighted by Gasteiger charge is 2.30. The average molecular weight is 370 g/mol. The molecule has 4 N–H and O–H groups in total. The largest absolute Gasteiger partial charge is 0.492 e. The zero-order chi connectivity index (χ0) is 19.1. The van der Waals surface area contributed by atoms with Crippen LogP contribution in [0.2, 0.25) is 0 Å². The van der Waals surface area contributed by atoms with Crippen LogP contribution in [0, 0.1) is 12.8 Å². The number of nitrogens with one attached hydrogen (secondary N) is 1. The number of benzene rings is 1. The van der Waals surface area contributed by atoms with E-state index in [9.17, 15) is 9.82 Å². The molecule has 4 rings (SSSR count). The van der Waals surface area contributed by atoms with Gasteiger partial charge in [0.1, 0.15) is 5.56 Å². The Morgan fingerprint density at radius 3 is 3.04 bits per heavy atom. The Labute approximate surface area is 157 Å². The SMILES string of the molecule is Cc1cc(Nc2nn([C@H]3COCC[C@@H]3C)cc2C(N)=O)cc2c1B(O)OC2. The maximum Gasteiger partial charge on any atom is 0.492 e. The van der Waals surface area contributed by atoms with E-state index in [0.29, 0.717) is 30.5 Å². The van der Waals surface area contributed by atoms with Crippen molar-refractivity contribution in [1.29, 1.82) is 0 Å². The number of fused-ring (bicyclic) bond motifs is 1. The van der Waals surface area contributed by atoms with Gasteiger partial charge < -0.3 is 25.5 Å². The molecule has 2 aliphatic rings. The van der Waals surface area contributed by atoms with Crippen LogP contribution in [0.25, 0.3) is 0 Å². The van der Waals surface area contributed by atoms with Crippen LogP contribution in [0.1, 0.15) is 40.9 Å². The molecule has 0 radical (unpaired) electrons. The van der Waals surface area contributed by atoms with Crippen LogP contribution < -0.4 is 16.5 Å². The van der Waals surface area contributed by atoms with E-state index in [1.54, 1.807) is 10.9 Å². The van der Waals surface area contributed by atoms with Crippen molar-refractivity contribution in [1.82, 2.24) is 9.78 Å². The lowest BCUT2D eigenvalue weighted by atomic mass is 9.76. The number of hydrogen-bond donors (Lipinski definition) is 3. The molecule has 1 aromatic carbocycles. The summed E-state index contributed by atoms with van der Waals surface area (Å²) in [5, 5.41) is 17.7. The summed E-state index contributed by atoms with van der Waals surface area (Å²) in [5.74, 6) is 0.275. The van der Waals surface area contributed by atoms with Gasteiger partial charge in [-0.2, -0.15) is 5.10 Å². The van der Waals surface area contributed by atoms with E-state index in [1.807, 2.05) is 19.1 Å². The molecule has 2 aromatic rings. The monoisotopic (exact) mass is 370 g/mol. The Hall–Kier alpha value is -2.36. The molecular formula is C18H23BN4O4. The molecule has 8 nitrogen and oxygen atoms in total. The molecule has 27 heavy (non-hydrogen) atoms. The predicted molar refractivity (Wildman–Crippen MR) is 101 cm³/mol. The molecule has 142 valence electrons. The summed E-state index contributed by atoms with van der Waals surface area (Å²) in [7, 11) is -0.887. The minimum absolute atomic E-state index is 0.0673. The number of anilines is 2. The number of ether oxygens (including phenoxy) is 1. The van der Waals surface area contributed by atoms with Crippen LogP contribution >= 0.6 is 0 Å². The number of hydrogen-bond acceptors (Lipinski definition) is 6. The second-order valence-electron chi connectivity index (χ2n) is 7.30. The van der Waals surface area contributed by atoms with Crippen LogP contribution in [0.4, 0.5) is 11.5 Å². The van der Waals surface area contributed by atoms with E-state index in [4.69, 9.17) is 15.1 Å². The summed E-state index contributed by atoms with van der Waals surface area (Å²) in [6.45, 7) is 5.72. The lowest BCUT2D eigenvalue weighted by Crippen LogP contribution is -2.30. The van der Waals surface area contributed by atoms with Crippen molar-refractivity contribution in [2.75, 3.05) is 18.5 Å². The lowest BCUT2D eigenvalue weighted by Gasteiger charge is -2.28. The Balaban J connectivity index is 1.66. The van der Waals surface area contributed by atoms with Gasteiger partial charge in [-0.1, -0.05) is 6.92 Å². The predicted octanol–water partition coefficient (Wildman–Crippen LogP) is 0.849. The first-order valence-electron chi connectivity index (χ1n) is 9.11. The summed E-state index contributed by atoms with van der Waals surface area (Å²) in [4.78, 5) is 11.9. The van der Waals surface area contributed by atoms with Gasteiger partial charge in [-0.3, -0.25) is 9.48 Å². The molecule has 9 heteroatoms. The van der Waals surface area contributed by atoms with Crippen molar-refractivity contribution < 1.29 is 19.2 Å². The molecule has 0 aliphatic carbocycles. The number of primary amides is 1. The normalized spacial score (nSPS) is 22.0. The second-order valence-corrected chi connectivity index (χ2v) is 7.30. The third kappa shape index (κ3) is 3.33. The van der Waals surface area contributed by atoms with Gasteiger partial charge in [0.25, 0.3) is 5.91 Å². The minimum Gasteiger partial charge on any atom is -0.423 e. The Morgan fingerprint density at radius 1 is 1.48 bits per heavy atom. The molecule has 1 saturated heterocycles. The zero-order valence-corrected chi connectivity index (χ0v) is 15.4. The third-order valence-corrected chi connectivity index (χ3v) is 5.38. The molecule has 0 spiro atoms. The van der Waals surface area contributed by atoms with Crippen molar-refractivity contribution >= 4 is 30.0 Å². The number of carbonyl (C=O) groups is 1. The second kappa shape index (κ2) is 6.99. The number of amides is 1. The molecule has 0 saturated carbocycles. The van der Waals surface area contributed by atoms with Crippen molar-refractivity contribution in [2.45, 2.75) is 32.9 Å². The van der Waals surface area contributed by atoms with Gasteiger partial charge in [0.05, 0.1) is 19.3 Å². The fourth-order valence-corrected chi connectivity index (χ4v) is 3.81. The Morgan fingerprint density at radius 2 is 2.30 bits per heavy atom. The first-order chi connectivity index (χ1) is 12.9. The molecule has 1 fully saturated rings. The number of rotatable bonds is 4. The van der Waals surface area contributed by atoms with Gasteiger partial charge in [0.15, 0.2) is 5.82 Å². The molecular weight excluding hydrogens is 347 g/mol. The Bertz CT molecular complexity index is 884.